The number of allylic oxidation sites excluding steroid dienone is 3. The summed E-state index contributed by atoms with van der Waals surface area (Å²) in [5.74, 6) is 0.883. The summed E-state index contributed by atoms with van der Waals surface area (Å²) in [6.45, 7) is 6.02. The van der Waals surface area contributed by atoms with Gasteiger partial charge in [-0.3, -0.25) is 4.98 Å². The van der Waals surface area contributed by atoms with Crippen molar-refractivity contribution in [3.63, 3.8) is 0 Å². The Bertz CT molecular complexity index is 1500. The lowest BCUT2D eigenvalue weighted by Crippen LogP contribution is -2.46. The van der Waals surface area contributed by atoms with Crippen LogP contribution < -0.4 is 0 Å². The van der Waals surface area contributed by atoms with Crippen molar-refractivity contribution in [2.45, 2.75) is 63.2 Å². The Balaban J connectivity index is 1.57. The lowest BCUT2D eigenvalue weighted by molar-refractivity contribution is 0.120. The summed E-state index contributed by atoms with van der Waals surface area (Å²) in [6, 6.07) is 13.0. The molecule has 0 bridgehead atoms. The van der Waals surface area contributed by atoms with E-state index in [1.165, 1.54) is 6.07 Å². The molecule has 0 spiro atoms. The van der Waals surface area contributed by atoms with Gasteiger partial charge in [-0.2, -0.15) is 5.26 Å². The predicted octanol–water partition coefficient (Wildman–Crippen LogP) is 7.36. The number of benzene rings is 1. The molecule has 38 heavy (non-hydrogen) atoms. The Labute approximate surface area is 222 Å². The maximum Gasteiger partial charge on any atom is 0.160 e. The van der Waals surface area contributed by atoms with Crippen molar-refractivity contribution < 1.29 is 9.50 Å². The number of nitriles is 1. The van der Waals surface area contributed by atoms with Gasteiger partial charge in [0.2, 0.25) is 0 Å². The molecule has 0 amide bonds. The van der Waals surface area contributed by atoms with Gasteiger partial charge in [-0.25, -0.2) is 14.4 Å². The Hall–Kier alpha value is -3.85. The van der Waals surface area contributed by atoms with Crippen LogP contribution in [0.25, 0.3) is 22.6 Å². The Kier molecular flexibility index (Phi) is 6.10. The van der Waals surface area contributed by atoms with Crippen LogP contribution in [0.2, 0.25) is 0 Å². The molecule has 1 N–H and O–H groups in total. The smallest absolute Gasteiger partial charge is 0.160 e. The fourth-order valence-electron chi connectivity index (χ4n) is 6.65. The molecule has 0 aliphatic heterocycles. The lowest BCUT2D eigenvalue weighted by Gasteiger charge is -2.49. The van der Waals surface area contributed by atoms with E-state index < -0.39 is 5.41 Å². The molecule has 5 nitrogen and oxygen atoms in total. The molecule has 0 radical (unpaired) electrons. The molecule has 1 saturated carbocycles. The number of aliphatic hydroxyl groups excluding tert-OH is 1. The van der Waals surface area contributed by atoms with Gasteiger partial charge in [0.1, 0.15) is 11.6 Å². The number of aliphatic hydroxyl groups is 1. The van der Waals surface area contributed by atoms with Gasteiger partial charge in [-0.15, -0.1) is 6.58 Å². The second kappa shape index (κ2) is 9.47. The van der Waals surface area contributed by atoms with E-state index in [0.29, 0.717) is 41.4 Å². The summed E-state index contributed by atoms with van der Waals surface area (Å²) < 4.78 is 15.2. The van der Waals surface area contributed by atoms with Gasteiger partial charge in [0, 0.05) is 45.8 Å². The van der Waals surface area contributed by atoms with Gasteiger partial charge in [0.15, 0.2) is 5.82 Å². The highest BCUT2D eigenvalue weighted by atomic mass is 19.1. The van der Waals surface area contributed by atoms with Crippen LogP contribution in [0.4, 0.5) is 4.39 Å². The molecule has 3 aliphatic rings. The third-order valence-corrected chi connectivity index (χ3v) is 8.74. The molecule has 3 atom stereocenters. The van der Waals surface area contributed by atoms with E-state index in [4.69, 9.17) is 9.97 Å². The third-order valence-electron chi connectivity index (χ3n) is 8.74. The van der Waals surface area contributed by atoms with Gasteiger partial charge in [0.05, 0.1) is 23.0 Å². The van der Waals surface area contributed by atoms with Crippen LogP contribution in [0.5, 0.6) is 0 Å². The third kappa shape index (κ3) is 4.01. The van der Waals surface area contributed by atoms with Gasteiger partial charge in [-0.1, -0.05) is 25.1 Å². The maximum atomic E-state index is 15.2. The van der Waals surface area contributed by atoms with Crippen LogP contribution in [0.1, 0.15) is 68.3 Å². The first-order valence-electron chi connectivity index (χ1n) is 13.5. The summed E-state index contributed by atoms with van der Waals surface area (Å²) in [4.78, 5) is 14.7. The fraction of sp³-hybridized carbons (Fsp3) is 0.375. The summed E-state index contributed by atoms with van der Waals surface area (Å²) in [6.07, 6.45) is 9.31. The molecule has 1 fully saturated rings. The number of fused-ring (bicyclic) bond motifs is 3. The van der Waals surface area contributed by atoms with E-state index in [0.717, 1.165) is 54.6 Å². The van der Waals surface area contributed by atoms with Crippen LogP contribution in [0.15, 0.2) is 66.6 Å². The highest BCUT2D eigenvalue weighted by Gasteiger charge is 2.51. The molecule has 0 unspecified atom stereocenters. The number of hydrogen-bond acceptors (Lipinski definition) is 5. The van der Waals surface area contributed by atoms with Crippen molar-refractivity contribution in [1.29, 1.82) is 5.26 Å². The highest BCUT2D eigenvalue weighted by molar-refractivity contribution is 5.70. The van der Waals surface area contributed by atoms with Crippen LogP contribution in [0.3, 0.4) is 0 Å². The standard InChI is InChI=1S/C32H31FN4O/c1-3-4-7-22-25-13-12-24-28(23-8-5-6-9-26(23)33)36-31(20-14-15-35-27(16-20)19-10-11-19)37-30(24)32(25,2)17-21(18-34)29(22)38/h3,5-6,8-9,14-16,19,22,25,38H,1,4,7,10-13,17H2,2H3/t22-,25-,32-/m1/s1. The Morgan fingerprint density at radius 1 is 1.21 bits per heavy atom. The van der Waals surface area contributed by atoms with Crippen molar-refractivity contribution in [2.24, 2.45) is 11.8 Å². The van der Waals surface area contributed by atoms with Gasteiger partial charge < -0.3 is 5.11 Å². The average Bonchev–Trinajstić information content (AvgIpc) is 3.78. The number of nitrogens with zero attached hydrogens (tertiary/aromatic N) is 4. The minimum atomic E-state index is -0.499. The minimum absolute atomic E-state index is 0.0998. The molecule has 2 aromatic heterocycles. The van der Waals surface area contributed by atoms with Gasteiger partial charge in [-0.05, 0) is 75.1 Å². The van der Waals surface area contributed by atoms with Crippen LogP contribution in [-0.2, 0) is 11.8 Å². The van der Waals surface area contributed by atoms with Crippen LogP contribution >= 0.6 is 0 Å². The molecular weight excluding hydrogens is 475 g/mol. The van der Waals surface area contributed by atoms with Gasteiger partial charge in [0.25, 0.3) is 0 Å². The summed E-state index contributed by atoms with van der Waals surface area (Å²) in [5, 5.41) is 21.1. The quantitative estimate of drug-likeness (QED) is 0.353. The maximum absolute atomic E-state index is 15.2. The number of aromatic nitrogens is 3. The molecule has 3 aromatic rings. The van der Waals surface area contributed by atoms with E-state index in [1.54, 1.807) is 18.3 Å². The topological polar surface area (TPSA) is 82.7 Å². The number of hydrogen-bond donors (Lipinski definition) is 1. The van der Waals surface area contributed by atoms with Crippen molar-refractivity contribution in [2.75, 3.05) is 0 Å². The van der Waals surface area contributed by atoms with E-state index >= 15 is 4.39 Å². The number of rotatable bonds is 6. The zero-order chi connectivity index (χ0) is 26.4. The lowest BCUT2D eigenvalue weighted by atomic mass is 9.55. The van der Waals surface area contributed by atoms with E-state index in [2.05, 4.69) is 30.6 Å². The zero-order valence-corrected chi connectivity index (χ0v) is 21.6. The average molecular weight is 507 g/mol. The van der Waals surface area contributed by atoms with E-state index in [9.17, 15) is 10.4 Å². The van der Waals surface area contributed by atoms with Gasteiger partial charge >= 0.3 is 0 Å². The summed E-state index contributed by atoms with van der Waals surface area (Å²) in [5.41, 5.74) is 4.71. The normalized spacial score (nSPS) is 24.3. The Morgan fingerprint density at radius 2 is 2.03 bits per heavy atom. The molecule has 1 aromatic carbocycles. The van der Waals surface area contributed by atoms with Crippen molar-refractivity contribution in [1.82, 2.24) is 15.0 Å². The minimum Gasteiger partial charge on any atom is -0.511 e. The zero-order valence-electron chi connectivity index (χ0n) is 21.6. The van der Waals surface area contributed by atoms with Crippen molar-refractivity contribution >= 4 is 0 Å². The molecule has 6 rings (SSSR count). The first-order chi connectivity index (χ1) is 18.4. The highest BCUT2D eigenvalue weighted by Crippen LogP contribution is 2.55. The van der Waals surface area contributed by atoms with Crippen molar-refractivity contribution in [3.05, 3.63) is 89.4 Å². The van der Waals surface area contributed by atoms with E-state index in [1.807, 2.05) is 18.2 Å². The van der Waals surface area contributed by atoms with Crippen molar-refractivity contribution in [3.8, 4) is 28.7 Å². The largest absolute Gasteiger partial charge is 0.511 e. The molecule has 3 aliphatic carbocycles. The number of halogens is 1. The monoisotopic (exact) mass is 506 g/mol. The second-order valence-corrected chi connectivity index (χ2v) is 11.1. The summed E-state index contributed by atoms with van der Waals surface area (Å²) >= 11 is 0. The fourth-order valence-corrected chi connectivity index (χ4v) is 6.65. The SMILES string of the molecule is C=CCC[C@H]1C(O)=C(C#N)C[C@@]2(C)c3nc(-c4ccnc(C5CC5)c4)nc(-c4ccccc4F)c3CC[C@H]12. The number of pyridine rings is 1. The molecule has 0 saturated heterocycles. The molecule has 6 heteroatoms. The molecule has 192 valence electrons. The Morgan fingerprint density at radius 3 is 2.76 bits per heavy atom. The van der Waals surface area contributed by atoms with E-state index in [-0.39, 0.29) is 23.4 Å². The summed E-state index contributed by atoms with van der Waals surface area (Å²) in [7, 11) is 0. The van der Waals surface area contributed by atoms with Crippen LogP contribution in [0, 0.1) is 29.0 Å². The van der Waals surface area contributed by atoms with Crippen LogP contribution in [-0.4, -0.2) is 20.1 Å². The predicted molar refractivity (Wildman–Crippen MR) is 145 cm³/mol. The first kappa shape index (κ1) is 24.5. The first-order valence-corrected chi connectivity index (χ1v) is 13.5. The molecule has 2 heterocycles. The molecular formula is C32H31FN4O. The second-order valence-electron chi connectivity index (χ2n) is 11.1.